The van der Waals surface area contributed by atoms with Gasteiger partial charge in [-0.3, -0.25) is 0 Å². The number of pyridine rings is 2. The predicted octanol–water partition coefficient (Wildman–Crippen LogP) is 8.50. The molecule has 0 fully saturated rings. The molecule has 4 aromatic heterocycles. The molecular formula is C28H18F6N4. The maximum Gasteiger partial charge on any atom is 0.433 e. The van der Waals surface area contributed by atoms with Gasteiger partial charge in [0.2, 0.25) is 0 Å². The van der Waals surface area contributed by atoms with Gasteiger partial charge >= 0.3 is 12.4 Å². The van der Waals surface area contributed by atoms with Crippen molar-refractivity contribution in [1.29, 1.82) is 0 Å². The van der Waals surface area contributed by atoms with Crippen LogP contribution in [-0.2, 0) is 12.4 Å². The summed E-state index contributed by atoms with van der Waals surface area (Å²) in [5.74, 6) is 0. The molecule has 0 saturated heterocycles. The van der Waals surface area contributed by atoms with Crippen LogP contribution in [0.3, 0.4) is 0 Å². The molecule has 192 valence electrons. The molecule has 0 spiro atoms. The molecule has 0 atom stereocenters. The first-order chi connectivity index (χ1) is 18.1. The summed E-state index contributed by atoms with van der Waals surface area (Å²) in [6.07, 6.45) is -5.72. The third kappa shape index (κ3) is 5.10. The molecule has 4 heterocycles. The average molecular weight is 524 g/mol. The van der Waals surface area contributed by atoms with Crippen molar-refractivity contribution >= 4 is 22.1 Å². The summed E-state index contributed by atoms with van der Waals surface area (Å²) < 4.78 is 77.1. The molecule has 0 aliphatic rings. The Morgan fingerprint density at radius 3 is 1.21 bits per heavy atom. The molecule has 4 nitrogen and oxygen atoms in total. The van der Waals surface area contributed by atoms with E-state index < -0.39 is 23.7 Å². The number of hydrogen-bond donors (Lipinski definition) is 2. The highest BCUT2D eigenvalue weighted by Crippen LogP contribution is 2.35. The van der Waals surface area contributed by atoms with Crippen molar-refractivity contribution in [2.45, 2.75) is 12.4 Å². The highest BCUT2D eigenvalue weighted by atomic mass is 19.4. The molecule has 10 heteroatoms. The molecule has 0 amide bonds. The minimum Gasteiger partial charge on any atom is -0.359 e. The van der Waals surface area contributed by atoms with Crippen molar-refractivity contribution in [2.75, 3.05) is 0 Å². The van der Waals surface area contributed by atoms with Crippen LogP contribution in [0.15, 0.2) is 97.3 Å². The molecule has 0 aliphatic heterocycles. The Morgan fingerprint density at radius 1 is 0.500 bits per heavy atom. The zero-order valence-electron chi connectivity index (χ0n) is 19.4. The van der Waals surface area contributed by atoms with E-state index >= 15 is 0 Å². The van der Waals surface area contributed by atoms with E-state index in [1.165, 1.54) is 12.1 Å². The first-order valence-electron chi connectivity index (χ1n) is 11.3. The second-order valence-corrected chi connectivity index (χ2v) is 8.31. The van der Waals surface area contributed by atoms with Gasteiger partial charge in [-0.15, -0.1) is 0 Å². The van der Waals surface area contributed by atoms with Crippen LogP contribution in [0.1, 0.15) is 11.4 Å². The lowest BCUT2D eigenvalue weighted by Crippen LogP contribution is -2.08. The first-order valence-corrected chi connectivity index (χ1v) is 11.3. The van der Waals surface area contributed by atoms with Crippen molar-refractivity contribution in [3.63, 3.8) is 0 Å². The molecule has 6 aromatic rings. The van der Waals surface area contributed by atoms with Crippen molar-refractivity contribution in [3.05, 3.63) is 109 Å². The van der Waals surface area contributed by atoms with Gasteiger partial charge in [-0.2, -0.15) is 26.3 Å². The molecule has 0 aliphatic carbocycles. The number of benzene rings is 2. The van der Waals surface area contributed by atoms with E-state index in [1.807, 2.05) is 12.1 Å². The summed E-state index contributed by atoms with van der Waals surface area (Å²) in [6.45, 7) is 0. The first kappa shape index (κ1) is 25.1. The number of halogens is 6. The molecule has 38 heavy (non-hydrogen) atoms. The Kier molecular flexibility index (Phi) is 6.40. The molecule has 0 unspecified atom stereocenters. The number of hydrogen-bond acceptors (Lipinski definition) is 2. The van der Waals surface area contributed by atoms with E-state index in [-0.39, 0.29) is 0 Å². The SMILES string of the molecule is FC(F)(F)c1cc(-c2ccccc2)c2[nH]ccc2n1.FC(F)(F)c1cc(-c2ccccc2)c2[nH]ccc2n1. The maximum absolute atomic E-state index is 12.8. The highest BCUT2D eigenvalue weighted by molar-refractivity contribution is 5.93. The van der Waals surface area contributed by atoms with Gasteiger partial charge in [-0.1, -0.05) is 60.7 Å². The van der Waals surface area contributed by atoms with Crippen molar-refractivity contribution in [3.8, 4) is 22.3 Å². The van der Waals surface area contributed by atoms with Gasteiger partial charge in [-0.25, -0.2) is 9.97 Å². The highest BCUT2D eigenvalue weighted by Gasteiger charge is 2.34. The number of nitrogens with one attached hydrogen (secondary N) is 2. The Balaban J connectivity index is 0.000000155. The third-order valence-electron chi connectivity index (χ3n) is 5.78. The van der Waals surface area contributed by atoms with Crippen LogP contribution in [0.4, 0.5) is 26.3 Å². The largest absolute Gasteiger partial charge is 0.433 e. The van der Waals surface area contributed by atoms with Crippen LogP contribution >= 0.6 is 0 Å². The molecule has 6 rings (SSSR count). The van der Waals surface area contributed by atoms with E-state index in [1.54, 1.807) is 60.9 Å². The van der Waals surface area contributed by atoms with Crippen molar-refractivity contribution < 1.29 is 26.3 Å². The summed E-state index contributed by atoms with van der Waals surface area (Å²) in [4.78, 5) is 13.1. The van der Waals surface area contributed by atoms with Crippen molar-refractivity contribution in [2.24, 2.45) is 0 Å². The Labute approximate surface area is 212 Å². The number of fused-ring (bicyclic) bond motifs is 2. The van der Waals surface area contributed by atoms with E-state index in [2.05, 4.69) is 19.9 Å². The monoisotopic (exact) mass is 524 g/mol. The second-order valence-electron chi connectivity index (χ2n) is 8.31. The number of alkyl halides is 6. The van der Waals surface area contributed by atoms with Gasteiger partial charge in [0, 0.05) is 23.5 Å². The Bertz CT molecular complexity index is 1560. The zero-order valence-corrected chi connectivity index (χ0v) is 19.4. The van der Waals surface area contributed by atoms with Gasteiger partial charge < -0.3 is 9.97 Å². The minimum atomic E-state index is -4.45. The molecule has 2 N–H and O–H groups in total. The predicted molar refractivity (Wildman–Crippen MR) is 133 cm³/mol. The summed E-state index contributed by atoms with van der Waals surface area (Å²) in [6, 6.07) is 23.1. The summed E-state index contributed by atoms with van der Waals surface area (Å²) >= 11 is 0. The lowest BCUT2D eigenvalue weighted by atomic mass is 10.0. The van der Waals surface area contributed by atoms with E-state index in [4.69, 9.17) is 0 Å². The summed E-state index contributed by atoms with van der Waals surface area (Å²) in [7, 11) is 0. The Hall–Kier alpha value is -4.60. The minimum absolute atomic E-state index is 0.314. The fourth-order valence-corrected chi connectivity index (χ4v) is 4.06. The summed E-state index contributed by atoms with van der Waals surface area (Å²) in [5.41, 5.74) is 2.55. The van der Waals surface area contributed by atoms with E-state index in [9.17, 15) is 26.3 Å². The van der Waals surface area contributed by atoms with Gasteiger partial charge in [0.1, 0.15) is 11.4 Å². The molecule has 0 saturated carbocycles. The summed E-state index contributed by atoms with van der Waals surface area (Å²) in [5, 5.41) is 0. The molecule has 0 radical (unpaired) electrons. The fourth-order valence-electron chi connectivity index (χ4n) is 4.06. The average Bonchev–Trinajstić information content (AvgIpc) is 3.57. The maximum atomic E-state index is 12.8. The zero-order chi connectivity index (χ0) is 26.9. The van der Waals surface area contributed by atoms with Crippen LogP contribution in [-0.4, -0.2) is 19.9 Å². The second kappa shape index (κ2) is 9.70. The van der Waals surface area contributed by atoms with Crippen LogP contribution in [0.5, 0.6) is 0 Å². The smallest absolute Gasteiger partial charge is 0.359 e. The third-order valence-corrected chi connectivity index (χ3v) is 5.78. The van der Waals surface area contributed by atoms with Crippen molar-refractivity contribution in [1.82, 2.24) is 19.9 Å². The topological polar surface area (TPSA) is 57.4 Å². The van der Waals surface area contributed by atoms with Crippen LogP contribution < -0.4 is 0 Å². The van der Waals surface area contributed by atoms with Gasteiger partial charge in [-0.05, 0) is 35.4 Å². The van der Waals surface area contributed by atoms with Crippen LogP contribution in [0, 0.1) is 0 Å². The van der Waals surface area contributed by atoms with E-state index in [0.29, 0.717) is 33.2 Å². The molecule has 2 aromatic carbocycles. The molecule has 0 bridgehead atoms. The van der Waals surface area contributed by atoms with Crippen LogP contribution in [0.2, 0.25) is 0 Å². The lowest BCUT2D eigenvalue weighted by molar-refractivity contribution is -0.141. The number of nitrogens with zero attached hydrogens (tertiary/aromatic N) is 2. The van der Waals surface area contributed by atoms with Gasteiger partial charge in [0.25, 0.3) is 0 Å². The fraction of sp³-hybridized carbons (Fsp3) is 0.0714. The quantitative estimate of drug-likeness (QED) is 0.223. The van der Waals surface area contributed by atoms with Crippen LogP contribution in [0.25, 0.3) is 44.3 Å². The lowest BCUT2D eigenvalue weighted by Gasteiger charge is -2.09. The number of rotatable bonds is 2. The standard InChI is InChI=1S/2C14H9F3N2/c2*15-14(16,17)12-8-10(9-4-2-1-3-5-9)13-11(19-12)6-7-18-13/h2*1-8,18H. The Morgan fingerprint density at radius 2 is 0.868 bits per heavy atom. The number of H-pyrrole nitrogens is 2. The number of aromatic nitrogens is 4. The number of aromatic amines is 2. The molecular weight excluding hydrogens is 506 g/mol. The van der Waals surface area contributed by atoms with Gasteiger partial charge in [0.05, 0.1) is 22.1 Å². The normalized spacial score (nSPS) is 11.9. The van der Waals surface area contributed by atoms with E-state index in [0.717, 1.165) is 23.3 Å². The van der Waals surface area contributed by atoms with Gasteiger partial charge in [0.15, 0.2) is 0 Å².